The van der Waals surface area contributed by atoms with Crippen LogP contribution in [0.4, 0.5) is 5.69 Å². The van der Waals surface area contributed by atoms with Crippen molar-refractivity contribution in [1.82, 2.24) is 5.32 Å². The van der Waals surface area contributed by atoms with Crippen LogP contribution < -0.4 is 19.5 Å². The van der Waals surface area contributed by atoms with Crippen LogP contribution in [0.2, 0.25) is 0 Å². The summed E-state index contributed by atoms with van der Waals surface area (Å²) in [5.41, 5.74) is 0.571. The highest BCUT2D eigenvalue weighted by Gasteiger charge is 2.21. The summed E-state index contributed by atoms with van der Waals surface area (Å²) in [4.78, 5) is 22.5. The third-order valence-electron chi connectivity index (χ3n) is 3.76. The molecule has 2 aromatic rings. The van der Waals surface area contributed by atoms with Crippen LogP contribution in [-0.2, 0) is 4.79 Å². The third-order valence-corrected chi connectivity index (χ3v) is 3.76. The van der Waals surface area contributed by atoms with Gasteiger partial charge in [-0.15, -0.1) is 0 Å². The number of nitrogens with zero attached hydrogens (tertiary/aromatic N) is 1. The molecule has 0 saturated carbocycles. The van der Waals surface area contributed by atoms with Gasteiger partial charge in [-0.05, 0) is 30.7 Å². The molecule has 3 rings (SSSR count). The van der Waals surface area contributed by atoms with Crippen molar-refractivity contribution in [3.63, 3.8) is 0 Å². The number of fused-ring (bicyclic) bond motifs is 1. The predicted octanol–water partition coefficient (Wildman–Crippen LogP) is 2.24. The molecule has 1 heterocycles. The minimum absolute atomic E-state index is 0.0573. The fourth-order valence-corrected chi connectivity index (χ4v) is 2.48. The molecule has 0 saturated heterocycles. The van der Waals surface area contributed by atoms with Crippen molar-refractivity contribution in [1.29, 1.82) is 0 Å². The number of para-hydroxylation sites is 2. The summed E-state index contributed by atoms with van der Waals surface area (Å²) in [6.45, 7) is 1.98. The van der Waals surface area contributed by atoms with Crippen molar-refractivity contribution in [2.75, 3.05) is 19.8 Å². The molecular formula is C18H18N2O6. The molecule has 0 bridgehead atoms. The van der Waals surface area contributed by atoms with E-state index in [2.05, 4.69) is 5.32 Å². The van der Waals surface area contributed by atoms with E-state index in [1.165, 1.54) is 12.1 Å². The van der Waals surface area contributed by atoms with Gasteiger partial charge < -0.3 is 19.5 Å². The standard InChI is InChI=1S/C18H18N2O6/c1-12-6-7-15(14(8-12)20(22)23)25-11-18(21)19-9-13-10-24-16-4-2-3-5-17(16)26-13/h2-8,13H,9-11H2,1H3,(H,19,21). The fraction of sp³-hybridized carbons (Fsp3) is 0.278. The molecule has 1 atom stereocenters. The lowest BCUT2D eigenvalue weighted by Crippen LogP contribution is -2.42. The topological polar surface area (TPSA) is 99.9 Å². The largest absolute Gasteiger partial charge is 0.486 e. The van der Waals surface area contributed by atoms with Crippen LogP contribution in [0.5, 0.6) is 17.2 Å². The Bertz CT molecular complexity index is 823. The summed E-state index contributed by atoms with van der Waals surface area (Å²) in [5.74, 6) is 0.957. The normalized spacial score (nSPS) is 15.2. The van der Waals surface area contributed by atoms with Gasteiger partial charge in [0.15, 0.2) is 23.9 Å². The van der Waals surface area contributed by atoms with Gasteiger partial charge in [0.1, 0.15) is 12.7 Å². The van der Waals surface area contributed by atoms with Gasteiger partial charge in [-0.1, -0.05) is 18.2 Å². The summed E-state index contributed by atoms with van der Waals surface area (Å²) < 4.78 is 16.6. The molecule has 8 heteroatoms. The molecule has 1 unspecified atom stereocenters. The average Bonchev–Trinajstić information content (AvgIpc) is 2.65. The number of nitro groups is 1. The maximum absolute atomic E-state index is 12.0. The van der Waals surface area contributed by atoms with Crippen LogP contribution >= 0.6 is 0 Å². The number of ether oxygens (including phenoxy) is 3. The van der Waals surface area contributed by atoms with E-state index in [1.807, 2.05) is 18.2 Å². The maximum Gasteiger partial charge on any atom is 0.311 e. The van der Waals surface area contributed by atoms with E-state index in [0.717, 1.165) is 5.56 Å². The highest BCUT2D eigenvalue weighted by molar-refractivity contribution is 5.77. The van der Waals surface area contributed by atoms with Gasteiger partial charge in [-0.25, -0.2) is 0 Å². The average molecular weight is 358 g/mol. The van der Waals surface area contributed by atoms with E-state index in [0.29, 0.717) is 18.1 Å². The van der Waals surface area contributed by atoms with Crippen LogP contribution in [0.3, 0.4) is 0 Å². The quantitative estimate of drug-likeness (QED) is 0.628. The van der Waals surface area contributed by atoms with Crippen molar-refractivity contribution in [3.05, 3.63) is 58.1 Å². The monoisotopic (exact) mass is 358 g/mol. The summed E-state index contributed by atoms with van der Waals surface area (Å²) in [6.07, 6.45) is -0.317. The Kier molecular flexibility index (Phi) is 5.21. The van der Waals surface area contributed by atoms with Gasteiger partial charge in [-0.3, -0.25) is 14.9 Å². The number of nitro benzene ring substituents is 1. The smallest absolute Gasteiger partial charge is 0.311 e. The molecule has 1 N–H and O–H groups in total. The van der Waals surface area contributed by atoms with Crippen LogP contribution in [0, 0.1) is 17.0 Å². The number of hydrogen-bond acceptors (Lipinski definition) is 6. The molecule has 0 aromatic heterocycles. The molecule has 0 radical (unpaired) electrons. The van der Waals surface area contributed by atoms with Gasteiger partial charge >= 0.3 is 5.69 Å². The fourth-order valence-electron chi connectivity index (χ4n) is 2.48. The first-order valence-corrected chi connectivity index (χ1v) is 8.06. The Morgan fingerprint density at radius 3 is 2.85 bits per heavy atom. The molecule has 0 fully saturated rings. The van der Waals surface area contributed by atoms with Crippen molar-refractivity contribution in [2.45, 2.75) is 13.0 Å². The molecule has 8 nitrogen and oxygen atoms in total. The maximum atomic E-state index is 12.0. The van der Waals surface area contributed by atoms with E-state index < -0.39 is 10.8 Å². The molecule has 1 amide bonds. The lowest BCUT2D eigenvalue weighted by molar-refractivity contribution is -0.385. The zero-order valence-corrected chi connectivity index (χ0v) is 14.1. The number of aryl methyl sites for hydroxylation is 1. The molecule has 0 aliphatic carbocycles. The second-order valence-electron chi connectivity index (χ2n) is 5.82. The van der Waals surface area contributed by atoms with E-state index >= 15 is 0 Å². The minimum Gasteiger partial charge on any atom is -0.486 e. The summed E-state index contributed by atoms with van der Waals surface area (Å²) in [7, 11) is 0. The van der Waals surface area contributed by atoms with Crippen molar-refractivity contribution >= 4 is 11.6 Å². The van der Waals surface area contributed by atoms with E-state index in [9.17, 15) is 14.9 Å². The summed E-state index contributed by atoms with van der Waals surface area (Å²) in [5, 5.41) is 13.7. The van der Waals surface area contributed by atoms with Crippen LogP contribution in [-0.4, -0.2) is 36.7 Å². The van der Waals surface area contributed by atoms with Crippen LogP contribution in [0.15, 0.2) is 42.5 Å². The molecule has 136 valence electrons. The van der Waals surface area contributed by atoms with Gasteiger partial charge in [0.25, 0.3) is 5.91 Å². The molecule has 26 heavy (non-hydrogen) atoms. The zero-order chi connectivity index (χ0) is 18.5. The molecule has 2 aromatic carbocycles. The minimum atomic E-state index is -0.537. The molecule has 0 spiro atoms. The highest BCUT2D eigenvalue weighted by atomic mass is 16.6. The van der Waals surface area contributed by atoms with Crippen LogP contribution in [0.1, 0.15) is 5.56 Å². The number of hydrogen-bond donors (Lipinski definition) is 1. The molecular weight excluding hydrogens is 340 g/mol. The Hall–Kier alpha value is -3.29. The van der Waals surface area contributed by atoms with Crippen molar-refractivity contribution in [2.24, 2.45) is 0 Å². The highest BCUT2D eigenvalue weighted by Crippen LogP contribution is 2.30. The lowest BCUT2D eigenvalue weighted by Gasteiger charge is -2.26. The van der Waals surface area contributed by atoms with Crippen LogP contribution in [0.25, 0.3) is 0 Å². The van der Waals surface area contributed by atoms with E-state index in [1.54, 1.807) is 19.1 Å². The number of carbonyl (C=O) groups is 1. The summed E-state index contributed by atoms with van der Waals surface area (Å²) in [6, 6.07) is 11.9. The first kappa shape index (κ1) is 17.5. The Balaban J connectivity index is 1.49. The predicted molar refractivity (Wildman–Crippen MR) is 92.7 cm³/mol. The summed E-state index contributed by atoms with van der Waals surface area (Å²) >= 11 is 0. The lowest BCUT2D eigenvalue weighted by atomic mass is 10.2. The van der Waals surface area contributed by atoms with E-state index in [-0.39, 0.29) is 30.7 Å². The van der Waals surface area contributed by atoms with Gasteiger partial charge in [0.05, 0.1) is 11.5 Å². The second-order valence-corrected chi connectivity index (χ2v) is 5.82. The Labute approximate surface area is 149 Å². The number of nitrogens with one attached hydrogen (secondary N) is 1. The first-order chi connectivity index (χ1) is 12.5. The Morgan fingerprint density at radius 1 is 1.31 bits per heavy atom. The second kappa shape index (κ2) is 7.73. The SMILES string of the molecule is Cc1ccc(OCC(=O)NCC2COc3ccccc3O2)c([N+](=O)[O-])c1. The zero-order valence-electron chi connectivity index (χ0n) is 14.1. The number of carbonyl (C=O) groups excluding carboxylic acids is 1. The van der Waals surface area contributed by atoms with E-state index in [4.69, 9.17) is 14.2 Å². The number of rotatable bonds is 6. The molecule has 1 aliphatic heterocycles. The molecule has 1 aliphatic rings. The third kappa shape index (κ3) is 4.21. The number of benzene rings is 2. The Morgan fingerprint density at radius 2 is 2.08 bits per heavy atom. The van der Waals surface area contributed by atoms with Gasteiger partial charge in [0, 0.05) is 6.07 Å². The van der Waals surface area contributed by atoms with Crippen molar-refractivity contribution < 1.29 is 23.9 Å². The first-order valence-electron chi connectivity index (χ1n) is 8.06. The van der Waals surface area contributed by atoms with Gasteiger partial charge in [-0.2, -0.15) is 0 Å². The van der Waals surface area contributed by atoms with Gasteiger partial charge in [0.2, 0.25) is 0 Å². The van der Waals surface area contributed by atoms with Crippen molar-refractivity contribution in [3.8, 4) is 17.2 Å². The number of amides is 1.